The predicted octanol–water partition coefficient (Wildman–Crippen LogP) is 6.01. The van der Waals surface area contributed by atoms with Gasteiger partial charge in [0.25, 0.3) is 5.82 Å². The summed E-state index contributed by atoms with van der Waals surface area (Å²) in [5, 5.41) is 18.0. The fourth-order valence-corrected chi connectivity index (χ4v) is 5.92. The van der Waals surface area contributed by atoms with Gasteiger partial charge in [-0.3, -0.25) is 4.90 Å². The van der Waals surface area contributed by atoms with E-state index in [0.717, 1.165) is 40.9 Å². The summed E-state index contributed by atoms with van der Waals surface area (Å²) >= 11 is 3.56. The van der Waals surface area contributed by atoms with Gasteiger partial charge in [-0.15, -0.1) is 16.6 Å². The molecule has 45 heavy (non-hydrogen) atoms. The molecule has 0 unspecified atom stereocenters. The molecular weight excluding hydrogens is 622 g/mol. The summed E-state index contributed by atoms with van der Waals surface area (Å²) in [6.45, 7) is 3.55. The quantitative estimate of drug-likeness (QED) is 0.127. The summed E-state index contributed by atoms with van der Waals surface area (Å²) in [5.74, 6) is 4.81. The van der Waals surface area contributed by atoms with E-state index < -0.39 is 0 Å². The number of terminal acetylenes is 1. The Morgan fingerprint density at radius 2 is 1.51 bits per heavy atom. The number of aromatic nitrogens is 5. The van der Waals surface area contributed by atoms with Crippen molar-refractivity contribution in [2.75, 3.05) is 6.54 Å². The molecule has 222 valence electrons. The van der Waals surface area contributed by atoms with E-state index in [1.807, 2.05) is 36.4 Å². The lowest BCUT2D eigenvalue weighted by Crippen LogP contribution is -2.38. The first-order chi connectivity index (χ1) is 22.0. The standard InChI is InChI=1S/C37H33BrN7/c1-3-28-8-12-32(13-9-28)24-45-35-7-5-4-6-34(35)42(2)37(45)26-43(21-20-29-16-18-33(38)19-17-29)25-36-41-40-27-44(36)23-31-14-10-30(22-39)11-15-31/h1,4-19,27H,20-21,23-26H2,2H3/q+1. The van der Waals surface area contributed by atoms with Gasteiger partial charge in [-0.25, -0.2) is 9.13 Å². The first kappa shape index (κ1) is 30.0. The summed E-state index contributed by atoms with van der Waals surface area (Å²) < 4.78 is 7.88. The molecule has 0 aliphatic heterocycles. The number of aryl methyl sites for hydroxylation is 1. The van der Waals surface area contributed by atoms with E-state index >= 15 is 0 Å². The number of imidazole rings is 1. The monoisotopic (exact) mass is 654 g/mol. The van der Waals surface area contributed by atoms with Gasteiger partial charge in [-0.05, 0) is 71.6 Å². The van der Waals surface area contributed by atoms with Gasteiger partial charge in [0.15, 0.2) is 11.0 Å². The Morgan fingerprint density at radius 1 is 0.844 bits per heavy atom. The van der Waals surface area contributed by atoms with Gasteiger partial charge in [0.2, 0.25) is 0 Å². The molecule has 2 aromatic heterocycles. The van der Waals surface area contributed by atoms with Gasteiger partial charge in [-0.2, -0.15) is 5.26 Å². The summed E-state index contributed by atoms with van der Waals surface area (Å²) in [7, 11) is 2.15. The maximum atomic E-state index is 9.19. The van der Waals surface area contributed by atoms with Crippen LogP contribution in [0, 0.1) is 23.7 Å². The zero-order valence-corrected chi connectivity index (χ0v) is 26.7. The number of rotatable bonds is 11. The van der Waals surface area contributed by atoms with Gasteiger partial charge in [0.05, 0.1) is 31.8 Å². The SMILES string of the molecule is C#Cc1ccc(Cn2c(CN(CCc3ccc(Br)cc3)Cc3nncn3Cc3ccc(C#N)cc3)[n+](C)c3ccccc32)cc1. The molecule has 6 aromatic rings. The minimum absolute atomic E-state index is 0.630. The Labute approximate surface area is 272 Å². The number of benzene rings is 4. The van der Waals surface area contributed by atoms with E-state index in [-0.39, 0.29) is 0 Å². The number of fused-ring (bicyclic) bond motifs is 1. The molecule has 2 heterocycles. The third-order valence-corrected chi connectivity index (χ3v) is 8.71. The lowest BCUT2D eigenvalue weighted by molar-refractivity contribution is -0.655. The van der Waals surface area contributed by atoms with Gasteiger partial charge in [0, 0.05) is 16.6 Å². The topological polar surface area (TPSA) is 66.5 Å². The van der Waals surface area contributed by atoms with Crippen LogP contribution in [0.15, 0.2) is 108 Å². The van der Waals surface area contributed by atoms with Crippen molar-refractivity contribution in [3.63, 3.8) is 0 Å². The Balaban J connectivity index is 1.32. The molecule has 8 heteroatoms. The van der Waals surface area contributed by atoms with Crippen LogP contribution in [0.2, 0.25) is 0 Å². The fraction of sp³-hybridized carbons (Fsp3) is 0.189. The first-order valence-electron chi connectivity index (χ1n) is 14.8. The second kappa shape index (κ2) is 13.7. The average Bonchev–Trinajstić information content (AvgIpc) is 3.62. The van der Waals surface area contributed by atoms with Gasteiger partial charge >= 0.3 is 0 Å². The Kier molecular flexibility index (Phi) is 9.17. The number of hydrogen-bond acceptors (Lipinski definition) is 4. The van der Waals surface area contributed by atoms with Crippen molar-refractivity contribution >= 4 is 27.0 Å². The van der Waals surface area contributed by atoms with Crippen LogP contribution in [-0.4, -0.2) is 30.8 Å². The van der Waals surface area contributed by atoms with Gasteiger partial charge in [0.1, 0.15) is 25.2 Å². The molecule has 4 aromatic carbocycles. The van der Waals surface area contributed by atoms with Crippen LogP contribution in [0.1, 0.15) is 39.5 Å². The summed E-state index contributed by atoms with van der Waals surface area (Å²) in [5.41, 5.74) is 7.47. The lowest BCUT2D eigenvalue weighted by Gasteiger charge is -2.21. The van der Waals surface area contributed by atoms with Crippen LogP contribution in [-0.2, 0) is 39.6 Å². The average molecular weight is 656 g/mol. The van der Waals surface area contributed by atoms with Gasteiger partial charge < -0.3 is 4.57 Å². The van der Waals surface area contributed by atoms with Crippen LogP contribution in [0.4, 0.5) is 0 Å². The van der Waals surface area contributed by atoms with E-state index in [1.165, 1.54) is 28.0 Å². The highest BCUT2D eigenvalue weighted by Gasteiger charge is 2.26. The number of nitrogens with zero attached hydrogens (tertiary/aromatic N) is 7. The summed E-state index contributed by atoms with van der Waals surface area (Å²) in [4.78, 5) is 2.45. The van der Waals surface area contributed by atoms with E-state index in [0.29, 0.717) is 25.2 Å². The smallest absolute Gasteiger partial charge is 0.271 e. The highest BCUT2D eigenvalue weighted by atomic mass is 79.9. The third-order valence-electron chi connectivity index (χ3n) is 8.19. The number of nitriles is 1. The zero-order chi connectivity index (χ0) is 31.2. The van der Waals surface area contributed by atoms with Crippen LogP contribution in [0.3, 0.4) is 0 Å². The van der Waals surface area contributed by atoms with Gasteiger partial charge in [-0.1, -0.05) is 70.4 Å². The van der Waals surface area contributed by atoms with Crippen LogP contribution < -0.4 is 4.57 Å². The fourth-order valence-electron chi connectivity index (χ4n) is 5.66. The second-order valence-electron chi connectivity index (χ2n) is 11.2. The molecule has 0 saturated heterocycles. The van der Waals surface area contributed by atoms with Crippen LogP contribution in [0.25, 0.3) is 11.0 Å². The Bertz CT molecular complexity index is 1990. The number of halogens is 1. The molecule has 0 amide bonds. The largest absolute Gasteiger partial charge is 0.312 e. The summed E-state index contributed by atoms with van der Waals surface area (Å²) in [6, 6.07) is 35.2. The molecule has 0 radical (unpaired) electrons. The number of para-hydroxylation sites is 2. The molecule has 0 aliphatic carbocycles. The van der Waals surface area contributed by atoms with E-state index in [4.69, 9.17) is 6.42 Å². The van der Waals surface area contributed by atoms with Crippen molar-refractivity contribution in [3.05, 3.63) is 147 Å². The normalized spacial score (nSPS) is 11.1. The highest BCUT2D eigenvalue weighted by molar-refractivity contribution is 9.10. The van der Waals surface area contributed by atoms with Crippen molar-refractivity contribution in [1.82, 2.24) is 24.2 Å². The molecule has 0 spiro atoms. The molecule has 0 atom stereocenters. The van der Waals surface area contributed by atoms with E-state index in [9.17, 15) is 5.26 Å². The van der Waals surface area contributed by atoms with Crippen molar-refractivity contribution in [2.24, 2.45) is 7.05 Å². The van der Waals surface area contributed by atoms with Crippen molar-refractivity contribution in [2.45, 2.75) is 32.6 Å². The minimum Gasteiger partial charge on any atom is -0.312 e. The molecule has 0 saturated carbocycles. The van der Waals surface area contributed by atoms with Crippen molar-refractivity contribution in [3.8, 4) is 18.4 Å². The van der Waals surface area contributed by atoms with Crippen LogP contribution in [0.5, 0.6) is 0 Å². The maximum absolute atomic E-state index is 9.19. The molecule has 0 bridgehead atoms. The summed E-state index contributed by atoms with van der Waals surface area (Å²) in [6.07, 6.45) is 8.30. The minimum atomic E-state index is 0.630. The molecular formula is C37H33BrN7+. The molecule has 0 aliphatic rings. The second-order valence-corrected chi connectivity index (χ2v) is 12.1. The molecule has 6 rings (SSSR count). The predicted molar refractivity (Wildman–Crippen MR) is 179 cm³/mol. The van der Waals surface area contributed by atoms with Crippen molar-refractivity contribution in [1.29, 1.82) is 5.26 Å². The molecule has 0 N–H and O–H groups in total. The third kappa shape index (κ3) is 7.05. The molecule has 7 nitrogen and oxygen atoms in total. The first-order valence-corrected chi connectivity index (χ1v) is 15.6. The number of hydrogen-bond donors (Lipinski definition) is 0. The Morgan fingerprint density at radius 3 is 2.22 bits per heavy atom. The van der Waals surface area contributed by atoms with E-state index in [1.54, 1.807) is 6.33 Å². The Hall–Kier alpha value is -5.02. The maximum Gasteiger partial charge on any atom is 0.271 e. The highest BCUT2D eigenvalue weighted by Crippen LogP contribution is 2.20. The molecule has 0 fully saturated rings. The van der Waals surface area contributed by atoms with E-state index in [2.05, 4.69) is 124 Å². The lowest BCUT2D eigenvalue weighted by atomic mass is 10.1. The zero-order valence-electron chi connectivity index (χ0n) is 25.1. The van der Waals surface area contributed by atoms with Crippen molar-refractivity contribution < 1.29 is 4.57 Å². The van der Waals surface area contributed by atoms with Crippen LogP contribution >= 0.6 is 15.9 Å².